The Kier molecular flexibility index (Phi) is 17.2. The van der Waals surface area contributed by atoms with Gasteiger partial charge in [0.1, 0.15) is 0 Å². The van der Waals surface area contributed by atoms with Gasteiger partial charge in [0.15, 0.2) is 0 Å². The molecule has 2 fully saturated rings. The van der Waals surface area contributed by atoms with Gasteiger partial charge in [-0.2, -0.15) is 0 Å². The van der Waals surface area contributed by atoms with Gasteiger partial charge >= 0.3 is 0 Å². The molecule has 160 valence electrons. The van der Waals surface area contributed by atoms with Gasteiger partial charge in [0.05, 0.1) is 0 Å². The van der Waals surface area contributed by atoms with Crippen LogP contribution in [0.5, 0.6) is 0 Å². The highest BCUT2D eigenvalue weighted by atomic mass is 15.2. The Morgan fingerprint density at radius 1 is 0.692 bits per heavy atom. The van der Waals surface area contributed by atoms with E-state index in [4.69, 9.17) is 0 Å². The maximum Gasteiger partial charge on any atom is 0.00385 e. The van der Waals surface area contributed by atoms with Crippen molar-refractivity contribution in [1.29, 1.82) is 0 Å². The summed E-state index contributed by atoms with van der Waals surface area (Å²) < 4.78 is 0. The van der Waals surface area contributed by atoms with Crippen molar-refractivity contribution >= 4 is 0 Å². The third-order valence-electron chi connectivity index (χ3n) is 5.70. The minimum atomic E-state index is 0. The van der Waals surface area contributed by atoms with Crippen LogP contribution in [0.1, 0.15) is 88.0 Å². The standard InChI is InChI=1S/C9H19N.C8H17N.C5H13N.CH4/c1-8(2)10-6-4-9(3)5-7-10;1-8(2)9-6-4-3-5-7-9;1-5(2)6(3)4;/h8-9H,4-7H2,1-3H3;8H,3-7H2,1-2H3;5H,1-4H3;1H4. The summed E-state index contributed by atoms with van der Waals surface area (Å²) in [5.41, 5.74) is 0. The lowest BCUT2D eigenvalue weighted by atomic mass is 9.98. The summed E-state index contributed by atoms with van der Waals surface area (Å²) in [6.07, 6.45) is 7.08. The second-order valence-electron chi connectivity index (χ2n) is 9.06. The molecule has 0 atom stereocenters. The summed E-state index contributed by atoms with van der Waals surface area (Å²) in [5.74, 6) is 0.968. The highest BCUT2D eigenvalue weighted by Crippen LogP contribution is 2.17. The molecule has 2 rings (SSSR count). The molecule has 0 amide bonds. The Hall–Kier alpha value is -0.120. The number of nitrogens with zero attached hydrogens (tertiary/aromatic N) is 3. The van der Waals surface area contributed by atoms with Crippen molar-refractivity contribution in [3.63, 3.8) is 0 Å². The molecule has 2 aliphatic rings. The van der Waals surface area contributed by atoms with Crippen molar-refractivity contribution in [2.45, 2.75) is 106 Å². The van der Waals surface area contributed by atoms with Gasteiger partial charge in [-0.15, -0.1) is 0 Å². The van der Waals surface area contributed by atoms with Crippen LogP contribution in [0, 0.1) is 5.92 Å². The summed E-state index contributed by atoms with van der Waals surface area (Å²) in [6.45, 7) is 21.1. The van der Waals surface area contributed by atoms with E-state index in [9.17, 15) is 0 Å². The van der Waals surface area contributed by atoms with E-state index in [1.807, 2.05) is 0 Å². The van der Waals surface area contributed by atoms with Crippen LogP contribution in [0.3, 0.4) is 0 Å². The van der Waals surface area contributed by atoms with Crippen molar-refractivity contribution in [3.05, 3.63) is 0 Å². The normalized spacial score (nSPS) is 19.7. The molecule has 0 unspecified atom stereocenters. The van der Waals surface area contributed by atoms with Crippen LogP contribution in [0.4, 0.5) is 0 Å². The zero-order chi connectivity index (χ0) is 19.4. The zero-order valence-electron chi connectivity index (χ0n) is 19.0. The molecular weight excluding hydrogens is 318 g/mol. The first kappa shape index (κ1) is 28.1. The predicted octanol–water partition coefficient (Wildman–Crippen LogP) is 5.60. The second kappa shape index (κ2) is 15.9. The molecule has 0 aromatic carbocycles. The van der Waals surface area contributed by atoms with Crippen LogP contribution in [0.25, 0.3) is 0 Å². The van der Waals surface area contributed by atoms with E-state index in [0.717, 1.165) is 18.0 Å². The molecule has 0 bridgehead atoms. The van der Waals surface area contributed by atoms with Crippen molar-refractivity contribution < 1.29 is 0 Å². The Bertz CT molecular complexity index is 280. The third kappa shape index (κ3) is 14.0. The van der Waals surface area contributed by atoms with Gasteiger partial charge in [-0.1, -0.05) is 20.8 Å². The van der Waals surface area contributed by atoms with Gasteiger partial charge in [-0.25, -0.2) is 0 Å². The van der Waals surface area contributed by atoms with Crippen LogP contribution >= 0.6 is 0 Å². The lowest BCUT2D eigenvalue weighted by molar-refractivity contribution is 0.156. The Balaban J connectivity index is 0. The molecule has 2 saturated heterocycles. The smallest absolute Gasteiger partial charge is 0.00385 e. The van der Waals surface area contributed by atoms with Crippen LogP contribution in [0.15, 0.2) is 0 Å². The quantitative estimate of drug-likeness (QED) is 0.639. The molecule has 0 aromatic heterocycles. The zero-order valence-corrected chi connectivity index (χ0v) is 19.0. The van der Waals surface area contributed by atoms with E-state index >= 15 is 0 Å². The SMILES string of the molecule is C.CC(C)N(C)C.CC(C)N1CCCCC1.CC1CCN(C(C)C)CC1. The van der Waals surface area contributed by atoms with Crippen molar-refractivity contribution in [3.8, 4) is 0 Å². The molecule has 0 spiro atoms. The lowest BCUT2D eigenvalue weighted by Crippen LogP contribution is -2.37. The van der Waals surface area contributed by atoms with E-state index in [1.165, 1.54) is 58.3 Å². The van der Waals surface area contributed by atoms with Gasteiger partial charge in [0.25, 0.3) is 0 Å². The van der Waals surface area contributed by atoms with Crippen LogP contribution in [0.2, 0.25) is 0 Å². The monoisotopic (exact) mass is 371 g/mol. The van der Waals surface area contributed by atoms with E-state index in [2.05, 4.69) is 77.3 Å². The molecule has 0 aliphatic carbocycles. The Morgan fingerprint density at radius 3 is 1.31 bits per heavy atom. The number of piperidine rings is 2. The number of hydrogen-bond donors (Lipinski definition) is 0. The molecular formula is C23H53N3. The van der Waals surface area contributed by atoms with Gasteiger partial charge in [0.2, 0.25) is 0 Å². The fourth-order valence-corrected chi connectivity index (χ4v) is 2.98. The first-order valence-corrected chi connectivity index (χ1v) is 10.8. The van der Waals surface area contributed by atoms with E-state index in [-0.39, 0.29) is 7.43 Å². The largest absolute Gasteiger partial charge is 0.307 e. The molecule has 2 aliphatic heterocycles. The molecule has 0 saturated carbocycles. The maximum absolute atomic E-state index is 2.57. The van der Waals surface area contributed by atoms with Gasteiger partial charge in [0, 0.05) is 18.1 Å². The van der Waals surface area contributed by atoms with Crippen molar-refractivity contribution in [1.82, 2.24) is 14.7 Å². The Morgan fingerprint density at radius 2 is 1.04 bits per heavy atom. The van der Waals surface area contributed by atoms with Gasteiger partial charge in [-0.05, 0) is 113 Å². The first-order valence-electron chi connectivity index (χ1n) is 10.8. The summed E-state index contributed by atoms with van der Waals surface area (Å²) >= 11 is 0. The van der Waals surface area contributed by atoms with E-state index in [1.54, 1.807) is 0 Å². The molecule has 0 radical (unpaired) electrons. The molecule has 3 heteroatoms. The topological polar surface area (TPSA) is 9.72 Å². The highest BCUT2D eigenvalue weighted by Gasteiger charge is 2.16. The minimum Gasteiger partial charge on any atom is -0.307 e. The average molecular weight is 372 g/mol. The van der Waals surface area contributed by atoms with Crippen LogP contribution in [-0.2, 0) is 0 Å². The fourth-order valence-electron chi connectivity index (χ4n) is 2.98. The van der Waals surface area contributed by atoms with Crippen molar-refractivity contribution in [2.75, 3.05) is 40.3 Å². The van der Waals surface area contributed by atoms with Gasteiger partial charge < -0.3 is 14.7 Å². The fraction of sp³-hybridized carbons (Fsp3) is 1.00. The summed E-state index contributed by atoms with van der Waals surface area (Å²) in [6, 6.07) is 2.21. The van der Waals surface area contributed by atoms with Gasteiger partial charge in [-0.3, -0.25) is 0 Å². The van der Waals surface area contributed by atoms with Crippen LogP contribution < -0.4 is 0 Å². The maximum atomic E-state index is 2.57. The molecule has 2 heterocycles. The lowest BCUT2D eigenvalue weighted by Gasteiger charge is -2.33. The molecule has 0 N–H and O–H groups in total. The number of rotatable bonds is 3. The summed E-state index contributed by atoms with van der Waals surface area (Å²) in [4.78, 5) is 7.30. The summed E-state index contributed by atoms with van der Waals surface area (Å²) in [7, 11) is 4.15. The molecule has 26 heavy (non-hydrogen) atoms. The first-order chi connectivity index (χ1) is 11.6. The average Bonchev–Trinajstić information content (AvgIpc) is 2.57. The van der Waals surface area contributed by atoms with E-state index < -0.39 is 0 Å². The molecule has 3 nitrogen and oxygen atoms in total. The highest BCUT2D eigenvalue weighted by molar-refractivity contribution is 4.71. The predicted molar refractivity (Wildman–Crippen MR) is 121 cm³/mol. The van der Waals surface area contributed by atoms with Crippen molar-refractivity contribution in [2.24, 2.45) is 5.92 Å². The Labute approximate surface area is 167 Å². The number of hydrogen-bond acceptors (Lipinski definition) is 3. The molecule has 0 aromatic rings. The van der Waals surface area contributed by atoms with Crippen LogP contribution in [-0.4, -0.2) is 73.1 Å². The van der Waals surface area contributed by atoms with E-state index in [0.29, 0.717) is 6.04 Å². The number of likely N-dealkylation sites (tertiary alicyclic amines) is 2. The third-order valence-corrected chi connectivity index (χ3v) is 5.70. The summed E-state index contributed by atoms with van der Waals surface area (Å²) in [5, 5.41) is 0. The second-order valence-corrected chi connectivity index (χ2v) is 9.06. The minimum absolute atomic E-state index is 0.